The van der Waals surface area contributed by atoms with Crippen LogP contribution in [0.1, 0.15) is 6.92 Å². The van der Waals surface area contributed by atoms with Crippen LogP contribution in [-0.2, 0) is 4.74 Å². The van der Waals surface area contributed by atoms with E-state index < -0.39 is 0 Å². The number of thioether (sulfide) groups is 1. The van der Waals surface area contributed by atoms with Gasteiger partial charge >= 0.3 is 0 Å². The van der Waals surface area contributed by atoms with E-state index >= 15 is 0 Å². The molecular weight excluding hydrogens is 184 g/mol. The Hall–Kier alpha value is 0.0700. The Morgan fingerprint density at radius 1 is 1.73 bits per heavy atom. The molecule has 1 atom stereocenters. The lowest BCUT2D eigenvalue weighted by Gasteiger charge is -2.06. The molecule has 0 saturated carbocycles. The van der Waals surface area contributed by atoms with Gasteiger partial charge in [0.15, 0.2) is 5.17 Å². The number of aliphatic imine (C=N–C) groups is 1. The quantitative estimate of drug-likeness (QED) is 0.546. The van der Waals surface area contributed by atoms with Crippen molar-refractivity contribution in [3.8, 4) is 0 Å². The standard InChI is InChI=1S/C6H14N2OS.ClH/c1-5(9-3)4-10-6(7)8-2;/h5H,4H2,1-3H3,(H2,7,8);1H. The summed E-state index contributed by atoms with van der Waals surface area (Å²) in [5.41, 5.74) is 5.43. The van der Waals surface area contributed by atoms with E-state index in [1.165, 1.54) is 11.8 Å². The molecule has 11 heavy (non-hydrogen) atoms. The number of nitrogens with two attached hydrogens (primary N) is 1. The van der Waals surface area contributed by atoms with E-state index in [-0.39, 0.29) is 18.5 Å². The minimum Gasteiger partial charge on any atom is -0.381 e. The molecule has 0 spiro atoms. The summed E-state index contributed by atoms with van der Waals surface area (Å²) in [6, 6.07) is 0. The molecule has 0 aromatic heterocycles. The predicted octanol–water partition coefficient (Wildman–Crippen LogP) is 1.12. The van der Waals surface area contributed by atoms with Gasteiger partial charge in [-0.25, -0.2) is 0 Å². The van der Waals surface area contributed by atoms with Crippen molar-refractivity contribution in [1.29, 1.82) is 0 Å². The average Bonchev–Trinajstić information content (AvgIpc) is 1.99. The van der Waals surface area contributed by atoms with Gasteiger partial charge in [-0.3, -0.25) is 4.99 Å². The second kappa shape index (κ2) is 8.17. The van der Waals surface area contributed by atoms with Crippen LogP contribution in [0, 0.1) is 0 Å². The summed E-state index contributed by atoms with van der Waals surface area (Å²) < 4.78 is 5.01. The topological polar surface area (TPSA) is 47.6 Å². The van der Waals surface area contributed by atoms with E-state index in [1.807, 2.05) is 6.92 Å². The molecule has 68 valence electrons. The van der Waals surface area contributed by atoms with Gasteiger partial charge in [0, 0.05) is 19.9 Å². The van der Waals surface area contributed by atoms with Crippen LogP contribution in [0.15, 0.2) is 4.99 Å². The number of hydrogen-bond donors (Lipinski definition) is 1. The molecule has 3 nitrogen and oxygen atoms in total. The van der Waals surface area contributed by atoms with Crippen molar-refractivity contribution >= 4 is 29.3 Å². The third kappa shape index (κ3) is 7.97. The fraction of sp³-hybridized carbons (Fsp3) is 0.833. The van der Waals surface area contributed by atoms with Gasteiger partial charge in [-0.15, -0.1) is 12.4 Å². The number of nitrogens with zero attached hydrogens (tertiary/aromatic N) is 1. The van der Waals surface area contributed by atoms with Crippen molar-refractivity contribution in [2.75, 3.05) is 19.9 Å². The largest absolute Gasteiger partial charge is 0.381 e. The molecule has 0 amide bonds. The van der Waals surface area contributed by atoms with Gasteiger partial charge < -0.3 is 10.5 Å². The van der Waals surface area contributed by atoms with Crippen molar-refractivity contribution in [2.45, 2.75) is 13.0 Å². The first-order valence-corrected chi connectivity index (χ1v) is 4.07. The van der Waals surface area contributed by atoms with E-state index in [4.69, 9.17) is 10.5 Å². The highest BCUT2D eigenvalue weighted by atomic mass is 35.5. The Morgan fingerprint density at radius 2 is 2.27 bits per heavy atom. The summed E-state index contributed by atoms with van der Waals surface area (Å²) in [6.07, 6.45) is 0.241. The molecule has 0 fully saturated rings. The highest BCUT2D eigenvalue weighted by Crippen LogP contribution is 2.03. The van der Waals surface area contributed by atoms with Crippen molar-refractivity contribution < 1.29 is 4.74 Å². The number of methoxy groups -OCH3 is 1. The van der Waals surface area contributed by atoms with Crippen LogP contribution in [0.5, 0.6) is 0 Å². The van der Waals surface area contributed by atoms with Gasteiger partial charge in [-0.1, -0.05) is 11.8 Å². The molecule has 0 rings (SSSR count). The van der Waals surface area contributed by atoms with Crippen molar-refractivity contribution in [1.82, 2.24) is 0 Å². The lowest BCUT2D eigenvalue weighted by Crippen LogP contribution is -2.14. The van der Waals surface area contributed by atoms with Crippen LogP contribution in [0.2, 0.25) is 0 Å². The van der Waals surface area contributed by atoms with E-state index in [2.05, 4.69) is 4.99 Å². The lowest BCUT2D eigenvalue weighted by atomic mass is 10.5. The summed E-state index contributed by atoms with van der Waals surface area (Å²) in [4.78, 5) is 3.80. The van der Waals surface area contributed by atoms with Crippen molar-refractivity contribution in [2.24, 2.45) is 10.7 Å². The Kier molecular flexibility index (Phi) is 10.1. The molecule has 2 N–H and O–H groups in total. The minimum atomic E-state index is 0. The second-order valence-electron chi connectivity index (χ2n) is 1.92. The highest BCUT2D eigenvalue weighted by molar-refractivity contribution is 8.13. The number of amidine groups is 1. The molecule has 5 heteroatoms. The molecule has 0 radical (unpaired) electrons. The summed E-state index contributed by atoms with van der Waals surface area (Å²) in [5.74, 6) is 0.861. The third-order valence-electron chi connectivity index (χ3n) is 1.09. The van der Waals surface area contributed by atoms with Gasteiger partial charge in [-0.2, -0.15) is 0 Å². The summed E-state index contributed by atoms with van der Waals surface area (Å²) in [7, 11) is 3.37. The SMILES string of the molecule is CN=C(N)SCC(C)OC.Cl. The van der Waals surface area contributed by atoms with Crippen molar-refractivity contribution in [3.63, 3.8) is 0 Å². The smallest absolute Gasteiger partial charge is 0.153 e. The number of halogens is 1. The molecule has 0 aliphatic rings. The van der Waals surface area contributed by atoms with Crippen LogP contribution in [0.4, 0.5) is 0 Å². The van der Waals surface area contributed by atoms with E-state index in [0.29, 0.717) is 5.17 Å². The molecular formula is C6H15ClN2OS. The average molecular weight is 199 g/mol. The first-order chi connectivity index (χ1) is 4.70. The Bertz CT molecular complexity index is 121. The lowest BCUT2D eigenvalue weighted by molar-refractivity contribution is 0.138. The summed E-state index contributed by atoms with van der Waals surface area (Å²) in [5, 5.41) is 0.615. The molecule has 0 aromatic rings. The van der Waals surface area contributed by atoms with Crippen molar-refractivity contribution in [3.05, 3.63) is 0 Å². The zero-order chi connectivity index (χ0) is 7.98. The van der Waals surface area contributed by atoms with Gasteiger partial charge in [0.1, 0.15) is 0 Å². The van der Waals surface area contributed by atoms with Gasteiger partial charge in [0.2, 0.25) is 0 Å². The fourth-order valence-electron chi connectivity index (χ4n) is 0.335. The third-order valence-corrected chi connectivity index (χ3v) is 2.20. The van der Waals surface area contributed by atoms with E-state index in [9.17, 15) is 0 Å². The number of ether oxygens (including phenoxy) is 1. The first kappa shape index (κ1) is 13.6. The maximum atomic E-state index is 5.43. The number of rotatable bonds is 3. The normalized spacial score (nSPS) is 13.9. The predicted molar refractivity (Wildman–Crippen MR) is 53.7 cm³/mol. The first-order valence-electron chi connectivity index (χ1n) is 3.08. The van der Waals surface area contributed by atoms with E-state index in [1.54, 1.807) is 14.2 Å². The fourth-order valence-corrected chi connectivity index (χ4v) is 1.01. The summed E-state index contributed by atoms with van der Waals surface area (Å²) in [6.45, 7) is 2.00. The molecule has 0 saturated heterocycles. The Balaban J connectivity index is 0. The van der Waals surface area contributed by atoms with Gasteiger partial charge in [0.05, 0.1) is 6.10 Å². The molecule has 0 heterocycles. The van der Waals surface area contributed by atoms with Crippen LogP contribution >= 0.6 is 24.2 Å². The van der Waals surface area contributed by atoms with E-state index in [0.717, 1.165) is 5.75 Å². The second-order valence-corrected chi connectivity index (χ2v) is 2.96. The minimum absolute atomic E-state index is 0. The van der Waals surface area contributed by atoms with Gasteiger partial charge in [0.25, 0.3) is 0 Å². The number of hydrogen-bond acceptors (Lipinski definition) is 3. The van der Waals surface area contributed by atoms with Crippen LogP contribution in [-0.4, -0.2) is 31.2 Å². The summed E-state index contributed by atoms with van der Waals surface area (Å²) >= 11 is 1.51. The zero-order valence-electron chi connectivity index (χ0n) is 7.03. The molecule has 0 aliphatic carbocycles. The maximum Gasteiger partial charge on any atom is 0.153 e. The van der Waals surface area contributed by atoms with Crippen LogP contribution in [0.25, 0.3) is 0 Å². The zero-order valence-corrected chi connectivity index (χ0v) is 8.67. The monoisotopic (exact) mass is 198 g/mol. The van der Waals surface area contributed by atoms with Crippen LogP contribution in [0.3, 0.4) is 0 Å². The van der Waals surface area contributed by atoms with Crippen LogP contribution < -0.4 is 5.73 Å². The molecule has 0 aliphatic heterocycles. The molecule has 1 unspecified atom stereocenters. The Morgan fingerprint density at radius 3 is 2.64 bits per heavy atom. The van der Waals surface area contributed by atoms with Gasteiger partial charge in [-0.05, 0) is 6.92 Å². The highest BCUT2D eigenvalue weighted by Gasteiger charge is 1.99. The molecule has 0 aromatic carbocycles. The maximum absolute atomic E-state index is 5.43. The molecule has 0 bridgehead atoms. The Labute approximate surface area is 78.2 Å².